The molecule has 2 N–H and O–H groups in total. The molecule has 0 saturated carbocycles. The van der Waals surface area contributed by atoms with Crippen molar-refractivity contribution in [3.8, 4) is 17.0 Å². The van der Waals surface area contributed by atoms with Gasteiger partial charge in [-0.05, 0) is 37.4 Å². The Morgan fingerprint density at radius 2 is 1.93 bits per heavy atom. The van der Waals surface area contributed by atoms with Gasteiger partial charge in [0.05, 0.1) is 41.6 Å². The van der Waals surface area contributed by atoms with Crippen LogP contribution >= 0.6 is 0 Å². The van der Waals surface area contributed by atoms with E-state index < -0.39 is 0 Å². The number of carbonyl (C=O) groups is 1. The number of methoxy groups -OCH3 is 1. The molecule has 0 aliphatic carbocycles. The van der Waals surface area contributed by atoms with E-state index in [2.05, 4.69) is 55.1 Å². The van der Waals surface area contributed by atoms with E-state index in [0.29, 0.717) is 23.1 Å². The van der Waals surface area contributed by atoms with Gasteiger partial charge in [-0.3, -0.25) is 14.4 Å². The second kappa shape index (κ2) is 12.4. The molecule has 1 aliphatic rings. The summed E-state index contributed by atoms with van der Waals surface area (Å²) in [6.45, 7) is 9.57. The highest BCUT2D eigenvalue weighted by Gasteiger charge is 2.19. The average molecular weight is 556 g/mol. The second-order valence-corrected chi connectivity index (χ2v) is 10.3. The van der Waals surface area contributed by atoms with Crippen LogP contribution in [0.4, 0.5) is 23.0 Å². The highest BCUT2D eigenvalue weighted by Crippen LogP contribution is 2.38. The summed E-state index contributed by atoms with van der Waals surface area (Å²) in [6.07, 6.45) is 4.81. The minimum atomic E-state index is -0.293. The van der Waals surface area contributed by atoms with E-state index in [1.807, 2.05) is 55.3 Å². The number of hydrogen-bond acceptors (Lipinski definition) is 9. The molecule has 214 valence electrons. The summed E-state index contributed by atoms with van der Waals surface area (Å²) in [5.41, 5.74) is 4.89. The van der Waals surface area contributed by atoms with Crippen LogP contribution in [-0.2, 0) is 11.8 Å². The maximum absolute atomic E-state index is 12.4. The molecule has 11 nitrogen and oxygen atoms in total. The predicted molar refractivity (Wildman–Crippen MR) is 164 cm³/mol. The molecule has 1 aliphatic heterocycles. The van der Waals surface area contributed by atoms with E-state index in [4.69, 9.17) is 9.72 Å². The molecule has 1 amide bonds. The van der Waals surface area contributed by atoms with Gasteiger partial charge in [0.25, 0.3) is 0 Å². The summed E-state index contributed by atoms with van der Waals surface area (Å²) in [5, 5.41) is 11.6. The Hall–Kier alpha value is -4.48. The first-order valence-electron chi connectivity index (χ1n) is 13.6. The molecule has 0 radical (unpaired) electrons. The summed E-state index contributed by atoms with van der Waals surface area (Å²) in [5.74, 6) is 0.719. The summed E-state index contributed by atoms with van der Waals surface area (Å²) in [4.78, 5) is 28.5. The number of ether oxygens (including phenoxy) is 1. The molecule has 0 atom stereocenters. The number of fused-ring (bicyclic) bond motifs is 1. The van der Waals surface area contributed by atoms with Crippen LogP contribution in [0.25, 0.3) is 22.2 Å². The Bertz CT molecular complexity index is 1540. The first-order valence-corrected chi connectivity index (χ1v) is 13.6. The van der Waals surface area contributed by atoms with Crippen molar-refractivity contribution >= 4 is 39.8 Å². The third kappa shape index (κ3) is 6.47. The molecular weight excluding hydrogens is 518 g/mol. The fourth-order valence-electron chi connectivity index (χ4n) is 4.94. The minimum absolute atomic E-state index is 0.293. The third-order valence-corrected chi connectivity index (χ3v) is 7.46. The standard InChI is InChI=1S/C30H37N9O2/c1-6-29(40)33-24-18-25(28(41-5)19-27(24)37(3)13-16-39-14-11-36(2)12-15-39)35-30-31-10-9-23(34-30)21-7-8-26-22(17-21)20-32-38(26)4/h6-10,17-20H,1,11-16H2,2-5H3,(H,33,40)(H,31,34,35). The van der Waals surface area contributed by atoms with Crippen LogP contribution in [0, 0.1) is 0 Å². The second-order valence-electron chi connectivity index (χ2n) is 10.3. The maximum atomic E-state index is 12.4. The lowest BCUT2D eigenvalue weighted by molar-refractivity contribution is -0.111. The van der Waals surface area contributed by atoms with E-state index >= 15 is 0 Å². The van der Waals surface area contributed by atoms with Gasteiger partial charge in [-0.2, -0.15) is 5.10 Å². The number of nitrogens with zero attached hydrogens (tertiary/aromatic N) is 7. The van der Waals surface area contributed by atoms with Crippen molar-refractivity contribution in [3.63, 3.8) is 0 Å². The van der Waals surface area contributed by atoms with Crippen LogP contribution in [0.2, 0.25) is 0 Å². The molecule has 11 heteroatoms. The fraction of sp³-hybridized carbons (Fsp3) is 0.333. The van der Waals surface area contributed by atoms with E-state index in [-0.39, 0.29) is 5.91 Å². The first kappa shape index (κ1) is 28.1. The lowest BCUT2D eigenvalue weighted by atomic mass is 10.1. The number of benzene rings is 2. The smallest absolute Gasteiger partial charge is 0.247 e. The molecule has 0 spiro atoms. The number of piperazine rings is 1. The molecule has 41 heavy (non-hydrogen) atoms. The van der Waals surface area contributed by atoms with Crippen LogP contribution in [0.1, 0.15) is 0 Å². The van der Waals surface area contributed by atoms with Crippen molar-refractivity contribution in [2.75, 3.05) is 76.0 Å². The number of anilines is 4. The molecule has 0 unspecified atom stereocenters. The molecule has 2 aromatic carbocycles. The van der Waals surface area contributed by atoms with Crippen LogP contribution < -0.4 is 20.3 Å². The first-order chi connectivity index (χ1) is 19.8. The van der Waals surface area contributed by atoms with Gasteiger partial charge in [-0.25, -0.2) is 9.97 Å². The number of amides is 1. The SMILES string of the molecule is C=CC(=O)Nc1cc(Nc2nccc(-c3ccc4c(cnn4C)c3)n2)c(OC)cc1N(C)CCN1CCN(C)CC1. The number of hydrogen-bond donors (Lipinski definition) is 2. The number of nitrogens with one attached hydrogen (secondary N) is 2. The lowest BCUT2D eigenvalue weighted by Crippen LogP contribution is -2.46. The molecule has 2 aromatic heterocycles. The number of carbonyl (C=O) groups excluding carboxylic acids is 1. The van der Waals surface area contributed by atoms with Crippen molar-refractivity contribution in [1.29, 1.82) is 0 Å². The van der Waals surface area contributed by atoms with Crippen LogP contribution in [0.15, 0.2) is 61.4 Å². The predicted octanol–water partition coefficient (Wildman–Crippen LogP) is 3.59. The monoisotopic (exact) mass is 555 g/mol. The van der Waals surface area contributed by atoms with Gasteiger partial charge in [0.1, 0.15) is 5.75 Å². The summed E-state index contributed by atoms with van der Waals surface area (Å²) in [6, 6.07) is 11.7. The van der Waals surface area contributed by atoms with Gasteiger partial charge in [0, 0.05) is 76.6 Å². The lowest BCUT2D eigenvalue weighted by Gasteiger charge is -2.34. The molecule has 1 saturated heterocycles. The zero-order valence-corrected chi connectivity index (χ0v) is 24.1. The molecule has 3 heterocycles. The molecule has 4 aromatic rings. The van der Waals surface area contributed by atoms with Crippen molar-refractivity contribution in [2.45, 2.75) is 0 Å². The molecule has 0 bridgehead atoms. The Morgan fingerprint density at radius 1 is 1.12 bits per heavy atom. The molecule has 5 rings (SSSR count). The summed E-state index contributed by atoms with van der Waals surface area (Å²) < 4.78 is 7.61. The Balaban J connectivity index is 1.40. The largest absolute Gasteiger partial charge is 0.494 e. The summed E-state index contributed by atoms with van der Waals surface area (Å²) >= 11 is 0. The Labute approximate surface area is 240 Å². The third-order valence-electron chi connectivity index (χ3n) is 7.46. The van der Waals surface area contributed by atoms with E-state index in [1.165, 1.54) is 6.08 Å². The van der Waals surface area contributed by atoms with E-state index in [1.54, 1.807) is 13.3 Å². The van der Waals surface area contributed by atoms with Gasteiger partial charge in [-0.15, -0.1) is 0 Å². The van der Waals surface area contributed by atoms with Crippen molar-refractivity contribution in [1.82, 2.24) is 29.5 Å². The zero-order valence-electron chi connectivity index (χ0n) is 24.1. The topological polar surface area (TPSA) is 104 Å². The average Bonchev–Trinajstić information content (AvgIpc) is 3.36. The zero-order chi connectivity index (χ0) is 28.9. The van der Waals surface area contributed by atoms with Crippen molar-refractivity contribution < 1.29 is 9.53 Å². The van der Waals surface area contributed by atoms with Crippen molar-refractivity contribution in [2.24, 2.45) is 7.05 Å². The number of aromatic nitrogens is 4. The normalized spacial score (nSPS) is 14.1. The van der Waals surface area contributed by atoms with Crippen LogP contribution in [-0.4, -0.2) is 95.9 Å². The van der Waals surface area contributed by atoms with Crippen molar-refractivity contribution in [3.05, 3.63) is 61.4 Å². The highest BCUT2D eigenvalue weighted by atomic mass is 16.5. The maximum Gasteiger partial charge on any atom is 0.247 e. The van der Waals surface area contributed by atoms with Crippen LogP contribution in [0.5, 0.6) is 5.75 Å². The van der Waals surface area contributed by atoms with Gasteiger partial charge < -0.3 is 25.2 Å². The van der Waals surface area contributed by atoms with Gasteiger partial charge in [0.15, 0.2) is 0 Å². The van der Waals surface area contributed by atoms with Crippen LogP contribution in [0.3, 0.4) is 0 Å². The van der Waals surface area contributed by atoms with E-state index in [0.717, 1.165) is 67.1 Å². The van der Waals surface area contributed by atoms with E-state index in [9.17, 15) is 4.79 Å². The minimum Gasteiger partial charge on any atom is -0.494 e. The van der Waals surface area contributed by atoms with Gasteiger partial charge in [0.2, 0.25) is 11.9 Å². The van der Waals surface area contributed by atoms with Gasteiger partial charge >= 0.3 is 0 Å². The fourth-order valence-corrected chi connectivity index (χ4v) is 4.94. The number of rotatable bonds is 10. The molecule has 1 fully saturated rings. The Morgan fingerprint density at radius 3 is 2.68 bits per heavy atom. The number of aryl methyl sites for hydroxylation is 1. The number of likely N-dealkylation sites (N-methyl/N-ethyl adjacent to an activating group) is 2. The Kier molecular flexibility index (Phi) is 8.46. The highest BCUT2D eigenvalue weighted by molar-refractivity contribution is 6.02. The quantitative estimate of drug-likeness (QED) is 0.284. The summed E-state index contributed by atoms with van der Waals surface area (Å²) in [7, 11) is 7.72. The molecular formula is C30H37N9O2. The van der Waals surface area contributed by atoms with Gasteiger partial charge in [-0.1, -0.05) is 12.6 Å².